The molecule has 1 aliphatic heterocycles. The van der Waals surface area contributed by atoms with E-state index in [9.17, 15) is 14.4 Å². The van der Waals surface area contributed by atoms with Crippen molar-refractivity contribution in [2.75, 3.05) is 6.61 Å². The fraction of sp³-hybridized carbons (Fsp3) is 0.371. The Kier molecular flexibility index (Phi) is 7.11. The van der Waals surface area contributed by atoms with Gasteiger partial charge in [-0.3, -0.25) is 9.59 Å². The van der Waals surface area contributed by atoms with E-state index in [1.165, 1.54) is 6.07 Å². The van der Waals surface area contributed by atoms with E-state index in [1.54, 1.807) is 18.2 Å². The van der Waals surface area contributed by atoms with Crippen LogP contribution in [0.15, 0.2) is 81.8 Å². The largest absolute Gasteiger partial charge is 0.490 e. The molecule has 3 aliphatic rings. The highest BCUT2D eigenvalue weighted by atomic mass is 16.6. The van der Waals surface area contributed by atoms with Gasteiger partial charge in [0.1, 0.15) is 11.5 Å². The van der Waals surface area contributed by atoms with Crippen LogP contribution in [0.4, 0.5) is 0 Å². The molecule has 0 fully saturated rings. The monoisotopic (exact) mass is 581 g/mol. The summed E-state index contributed by atoms with van der Waals surface area (Å²) in [5.41, 5.74) is 2.09. The first-order valence-electron chi connectivity index (χ1n) is 14.7. The number of hydrogen-bond donors (Lipinski definition) is 0. The van der Waals surface area contributed by atoms with Crippen molar-refractivity contribution < 1.29 is 33.1 Å². The zero-order valence-electron chi connectivity index (χ0n) is 25.1. The second kappa shape index (κ2) is 10.7. The van der Waals surface area contributed by atoms with Crippen LogP contribution in [0.3, 0.4) is 0 Å². The minimum Gasteiger partial charge on any atom is -0.490 e. The zero-order valence-corrected chi connectivity index (χ0v) is 25.1. The van der Waals surface area contributed by atoms with Gasteiger partial charge in [0.2, 0.25) is 0 Å². The molecule has 1 aromatic heterocycles. The predicted molar refractivity (Wildman–Crippen MR) is 158 cm³/mol. The molecule has 2 aliphatic carbocycles. The molecular weight excluding hydrogens is 546 g/mol. The second-order valence-corrected chi connectivity index (χ2v) is 13.1. The fourth-order valence-electron chi connectivity index (χ4n) is 6.33. The second-order valence-electron chi connectivity index (χ2n) is 13.1. The molecule has 2 heterocycles. The van der Waals surface area contributed by atoms with Crippen LogP contribution in [0.5, 0.6) is 11.5 Å². The molecule has 0 N–H and O–H groups in total. The van der Waals surface area contributed by atoms with E-state index in [1.807, 2.05) is 37.3 Å². The van der Waals surface area contributed by atoms with Crippen LogP contribution in [-0.4, -0.2) is 29.3 Å². The number of hydrogen-bond acceptors (Lipinski definition) is 8. The van der Waals surface area contributed by atoms with Crippen LogP contribution in [0, 0.1) is 10.8 Å². The number of Topliss-reactive ketones (excluding diaryl/α,β-unsaturated/α-hetero) is 2. The molecule has 0 saturated heterocycles. The normalized spacial score (nSPS) is 19.5. The topological polar surface area (TPSA) is 105 Å². The van der Waals surface area contributed by atoms with E-state index >= 15 is 0 Å². The van der Waals surface area contributed by atoms with Crippen LogP contribution >= 0.6 is 0 Å². The summed E-state index contributed by atoms with van der Waals surface area (Å²) in [6.07, 6.45) is 1.94. The average Bonchev–Trinajstić information content (AvgIpc) is 3.43. The molecule has 0 spiro atoms. The molecule has 3 aromatic rings. The summed E-state index contributed by atoms with van der Waals surface area (Å²) in [4.78, 5) is 40.3. The first-order chi connectivity index (χ1) is 20.4. The molecule has 8 heteroatoms. The van der Waals surface area contributed by atoms with Gasteiger partial charge in [0.25, 0.3) is 0 Å². The van der Waals surface area contributed by atoms with Crippen LogP contribution in [0.1, 0.15) is 82.3 Å². The standard InChI is InChI=1S/C35H35NO7/c1-6-40-27-14-21(12-13-25(27)42-33(39)22-15-26(43-36-22)20-10-8-7-9-11-20)30-31-23(37)16-34(2,3)18-28(31)41-29-19-35(4,5)17-24(38)32(29)30/h7-15,30H,6,16-19H2,1-5H3. The summed E-state index contributed by atoms with van der Waals surface area (Å²) in [6.45, 7) is 10.4. The van der Waals surface area contributed by atoms with Crippen molar-refractivity contribution >= 4 is 17.5 Å². The van der Waals surface area contributed by atoms with E-state index in [2.05, 4.69) is 32.9 Å². The third kappa shape index (κ3) is 5.54. The number of nitrogens with zero attached hydrogens (tertiary/aromatic N) is 1. The summed E-state index contributed by atoms with van der Waals surface area (Å²) in [6, 6.07) is 16.1. The third-order valence-corrected chi connectivity index (χ3v) is 8.16. The minimum atomic E-state index is -0.699. The van der Waals surface area contributed by atoms with Crippen molar-refractivity contribution in [1.29, 1.82) is 0 Å². The summed E-state index contributed by atoms with van der Waals surface area (Å²) < 4.78 is 23.4. The van der Waals surface area contributed by atoms with E-state index < -0.39 is 11.9 Å². The van der Waals surface area contributed by atoms with E-state index in [4.69, 9.17) is 18.7 Å². The van der Waals surface area contributed by atoms with E-state index in [0.717, 1.165) is 5.56 Å². The maximum Gasteiger partial charge on any atom is 0.366 e. The van der Waals surface area contributed by atoms with Gasteiger partial charge >= 0.3 is 5.97 Å². The van der Waals surface area contributed by atoms with Gasteiger partial charge in [-0.1, -0.05) is 69.2 Å². The van der Waals surface area contributed by atoms with Crippen molar-refractivity contribution in [1.82, 2.24) is 5.16 Å². The molecule has 8 nitrogen and oxygen atoms in total. The average molecular weight is 582 g/mol. The van der Waals surface area contributed by atoms with Gasteiger partial charge in [0, 0.05) is 54.4 Å². The van der Waals surface area contributed by atoms with Gasteiger partial charge < -0.3 is 18.7 Å². The lowest BCUT2D eigenvalue weighted by Crippen LogP contribution is -2.37. The van der Waals surface area contributed by atoms with Gasteiger partial charge in [-0.2, -0.15) is 0 Å². The van der Waals surface area contributed by atoms with Gasteiger partial charge in [0.05, 0.1) is 6.61 Å². The lowest BCUT2D eigenvalue weighted by molar-refractivity contribution is -0.120. The Bertz CT molecular complexity index is 1640. The van der Waals surface area contributed by atoms with Gasteiger partial charge in [0.15, 0.2) is 34.5 Å². The lowest BCUT2D eigenvalue weighted by Gasteiger charge is -2.42. The Labute approximate surface area is 250 Å². The number of aromatic nitrogens is 1. The molecule has 0 atom stereocenters. The molecule has 0 radical (unpaired) electrons. The molecule has 0 bridgehead atoms. The van der Waals surface area contributed by atoms with Gasteiger partial charge in [-0.15, -0.1) is 0 Å². The van der Waals surface area contributed by atoms with Crippen LogP contribution < -0.4 is 9.47 Å². The molecule has 2 aromatic carbocycles. The summed E-state index contributed by atoms with van der Waals surface area (Å²) >= 11 is 0. The minimum absolute atomic E-state index is 0.0187. The van der Waals surface area contributed by atoms with Crippen molar-refractivity contribution in [3.05, 3.63) is 88.5 Å². The highest BCUT2D eigenvalue weighted by Gasteiger charge is 2.48. The molecule has 0 unspecified atom stereocenters. The summed E-state index contributed by atoms with van der Waals surface area (Å²) in [5, 5.41) is 3.89. The molecule has 0 saturated carbocycles. The smallest absolute Gasteiger partial charge is 0.366 e. The number of esters is 1. The molecule has 43 heavy (non-hydrogen) atoms. The highest BCUT2D eigenvalue weighted by Crippen LogP contribution is 2.53. The molecule has 6 rings (SSSR count). The van der Waals surface area contributed by atoms with Crippen LogP contribution in [0.2, 0.25) is 0 Å². The Morgan fingerprint density at radius 2 is 1.49 bits per heavy atom. The van der Waals surface area contributed by atoms with E-state index in [0.29, 0.717) is 72.0 Å². The third-order valence-electron chi connectivity index (χ3n) is 8.16. The first kappa shape index (κ1) is 28.6. The number of benzene rings is 2. The Morgan fingerprint density at radius 3 is 2.09 bits per heavy atom. The number of allylic oxidation sites excluding steroid dienone is 4. The molecule has 222 valence electrons. The summed E-state index contributed by atoms with van der Waals surface area (Å²) in [7, 11) is 0. The number of ether oxygens (including phenoxy) is 3. The fourth-order valence-corrected chi connectivity index (χ4v) is 6.33. The van der Waals surface area contributed by atoms with Crippen molar-refractivity contribution in [3.8, 4) is 22.8 Å². The Morgan fingerprint density at radius 1 is 0.860 bits per heavy atom. The quantitative estimate of drug-likeness (QED) is 0.220. The lowest BCUT2D eigenvalue weighted by atomic mass is 9.65. The molecular formula is C35H35NO7. The van der Waals surface area contributed by atoms with Crippen molar-refractivity contribution in [2.45, 2.75) is 66.2 Å². The van der Waals surface area contributed by atoms with Crippen molar-refractivity contribution in [2.24, 2.45) is 10.8 Å². The van der Waals surface area contributed by atoms with Crippen LogP contribution in [-0.2, 0) is 14.3 Å². The molecule has 0 amide bonds. The maximum absolute atomic E-state index is 13.6. The SMILES string of the molecule is CCOc1cc(C2C3=C(CC(C)(C)CC3=O)OC3=C2C(=O)CC(C)(C)C3)ccc1OC(=O)c1cc(-c2ccccc2)on1. The summed E-state index contributed by atoms with van der Waals surface area (Å²) in [5.74, 6) is 0.928. The van der Waals surface area contributed by atoms with Gasteiger partial charge in [-0.05, 0) is 35.4 Å². The number of carbonyl (C=O) groups excluding carboxylic acids is 3. The Balaban J connectivity index is 1.37. The number of carbonyl (C=O) groups is 3. The Hall–Kier alpha value is -4.46. The van der Waals surface area contributed by atoms with Crippen LogP contribution in [0.25, 0.3) is 11.3 Å². The van der Waals surface area contributed by atoms with Gasteiger partial charge in [-0.25, -0.2) is 4.79 Å². The highest BCUT2D eigenvalue weighted by molar-refractivity contribution is 6.06. The number of ketones is 2. The van der Waals surface area contributed by atoms with E-state index in [-0.39, 0.29) is 33.8 Å². The first-order valence-corrected chi connectivity index (χ1v) is 14.7. The number of rotatable bonds is 6. The zero-order chi connectivity index (χ0) is 30.5. The maximum atomic E-state index is 13.6. The van der Waals surface area contributed by atoms with Crippen molar-refractivity contribution in [3.63, 3.8) is 0 Å². The predicted octanol–water partition coefficient (Wildman–Crippen LogP) is 7.36.